The number of thioether (sulfide) groups is 1. The Morgan fingerprint density at radius 2 is 1.94 bits per heavy atom. The molecule has 3 aromatic rings. The van der Waals surface area contributed by atoms with Crippen LogP contribution in [0.25, 0.3) is 0 Å². The average Bonchev–Trinajstić information content (AvgIpc) is 3.15. The summed E-state index contributed by atoms with van der Waals surface area (Å²) in [4.78, 5) is 18.0. The van der Waals surface area contributed by atoms with Gasteiger partial charge in [-0.1, -0.05) is 49.0 Å². The molecule has 1 atom stereocenters. The molecule has 0 bridgehead atoms. The monoisotopic (exact) mass is 437 g/mol. The molecule has 0 aliphatic carbocycles. The predicted octanol–water partition coefficient (Wildman–Crippen LogP) is 5.16. The minimum atomic E-state index is -0.524. The van der Waals surface area contributed by atoms with E-state index in [1.54, 1.807) is 28.6 Å². The lowest BCUT2D eigenvalue weighted by molar-refractivity contribution is -0.113. The molecule has 0 spiro atoms. The number of allylic oxidation sites excluding steroid dienone is 1. The highest BCUT2D eigenvalue weighted by Crippen LogP contribution is 2.37. The minimum Gasteiger partial charge on any atom is -0.328 e. The molecule has 1 amide bonds. The van der Waals surface area contributed by atoms with Gasteiger partial charge in [0.15, 0.2) is 0 Å². The van der Waals surface area contributed by atoms with Crippen molar-refractivity contribution in [1.82, 2.24) is 14.8 Å². The van der Waals surface area contributed by atoms with Gasteiger partial charge in [0.25, 0.3) is 5.91 Å². The Balaban J connectivity index is 1.76. The number of carbonyl (C=O) groups excluding carboxylic acids is 1. The van der Waals surface area contributed by atoms with Gasteiger partial charge in [-0.25, -0.2) is 9.07 Å². The van der Waals surface area contributed by atoms with Crippen LogP contribution in [0.15, 0.2) is 65.0 Å². The van der Waals surface area contributed by atoms with Crippen molar-refractivity contribution in [2.24, 2.45) is 0 Å². The van der Waals surface area contributed by atoms with Crippen LogP contribution in [0, 0.1) is 12.7 Å². The van der Waals surface area contributed by atoms with Crippen molar-refractivity contribution in [3.05, 3.63) is 76.7 Å². The van der Waals surface area contributed by atoms with E-state index in [2.05, 4.69) is 27.6 Å². The first-order chi connectivity index (χ1) is 15.0. The van der Waals surface area contributed by atoms with Crippen molar-refractivity contribution in [3.63, 3.8) is 0 Å². The molecule has 0 fully saturated rings. The van der Waals surface area contributed by atoms with E-state index in [0.29, 0.717) is 22.4 Å². The molecule has 1 aliphatic rings. The summed E-state index contributed by atoms with van der Waals surface area (Å²) in [7, 11) is 0. The van der Waals surface area contributed by atoms with E-state index < -0.39 is 6.04 Å². The fourth-order valence-corrected chi connectivity index (χ4v) is 4.22. The van der Waals surface area contributed by atoms with Gasteiger partial charge in [0.05, 0.1) is 5.57 Å². The van der Waals surface area contributed by atoms with Crippen molar-refractivity contribution >= 4 is 29.3 Å². The zero-order chi connectivity index (χ0) is 22.0. The number of carbonyl (C=O) groups is 1. The molecule has 0 radical (unpaired) electrons. The minimum absolute atomic E-state index is 0.238. The van der Waals surface area contributed by atoms with E-state index in [1.165, 1.54) is 12.1 Å². The van der Waals surface area contributed by atoms with E-state index in [-0.39, 0.29) is 11.7 Å². The Bertz CT molecular complexity index is 1140. The smallest absolute Gasteiger partial charge is 0.255 e. The number of halogens is 1. The molecular formula is C23H24FN5OS. The lowest BCUT2D eigenvalue weighted by Gasteiger charge is -2.28. The van der Waals surface area contributed by atoms with Gasteiger partial charge in [-0.3, -0.25) is 4.79 Å². The SMILES string of the molecule is CCCSc1nc2n(n1)C(c1ccc(F)cc1)C(C(=O)Nc1ccccc1C)=C(C)N2. The molecule has 1 unspecified atom stereocenters. The number of nitrogens with one attached hydrogen (secondary N) is 2. The Hall–Kier alpha value is -3.13. The first kappa shape index (κ1) is 21.1. The van der Waals surface area contributed by atoms with Crippen LogP contribution < -0.4 is 10.6 Å². The standard InChI is InChI=1S/C23H24FN5OS/c1-4-13-31-23-27-22-25-15(3)19(21(30)26-18-8-6-5-7-14(18)2)20(29(22)28-23)16-9-11-17(24)12-10-16/h5-12,20H,4,13H2,1-3H3,(H,26,30)(H,25,27,28). The number of aryl methyl sites for hydroxylation is 1. The van der Waals surface area contributed by atoms with E-state index in [0.717, 1.165) is 29.0 Å². The fourth-order valence-electron chi connectivity index (χ4n) is 3.54. The normalized spacial score (nSPS) is 15.4. The molecular weight excluding hydrogens is 413 g/mol. The van der Waals surface area contributed by atoms with E-state index >= 15 is 0 Å². The van der Waals surface area contributed by atoms with Crippen LogP contribution in [0.2, 0.25) is 0 Å². The summed E-state index contributed by atoms with van der Waals surface area (Å²) in [6.45, 7) is 5.89. The third-order valence-corrected chi connectivity index (χ3v) is 6.14. The van der Waals surface area contributed by atoms with Crippen LogP contribution in [0.1, 0.15) is 37.4 Å². The number of amides is 1. The molecule has 160 valence electrons. The van der Waals surface area contributed by atoms with Gasteiger partial charge in [0.2, 0.25) is 11.1 Å². The number of benzene rings is 2. The number of hydrogen-bond donors (Lipinski definition) is 2. The van der Waals surface area contributed by atoms with Crippen molar-refractivity contribution in [1.29, 1.82) is 0 Å². The summed E-state index contributed by atoms with van der Waals surface area (Å²) in [6, 6.07) is 13.3. The first-order valence-corrected chi connectivity index (χ1v) is 11.2. The third kappa shape index (κ3) is 4.34. The Morgan fingerprint density at radius 3 is 2.65 bits per heavy atom. The molecule has 6 nitrogen and oxygen atoms in total. The number of fused-ring (bicyclic) bond motifs is 1. The summed E-state index contributed by atoms with van der Waals surface area (Å²) in [5.41, 5.74) is 3.67. The van der Waals surface area contributed by atoms with Crippen LogP contribution in [-0.4, -0.2) is 26.4 Å². The summed E-state index contributed by atoms with van der Waals surface area (Å²) in [5.74, 6) is 0.898. The third-order valence-electron chi connectivity index (χ3n) is 5.09. The van der Waals surface area contributed by atoms with E-state index in [9.17, 15) is 9.18 Å². The van der Waals surface area contributed by atoms with Crippen molar-refractivity contribution in [2.45, 2.75) is 38.4 Å². The lowest BCUT2D eigenvalue weighted by atomic mass is 9.95. The number of anilines is 2. The fraction of sp³-hybridized carbons (Fsp3) is 0.261. The van der Waals surface area contributed by atoms with Crippen LogP contribution in [0.4, 0.5) is 16.0 Å². The molecule has 2 heterocycles. The predicted molar refractivity (Wildman–Crippen MR) is 122 cm³/mol. The number of aromatic nitrogens is 3. The summed E-state index contributed by atoms with van der Waals surface area (Å²) < 4.78 is 15.3. The van der Waals surface area contributed by atoms with E-state index in [4.69, 9.17) is 0 Å². The van der Waals surface area contributed by atoms with Crippen LogP contribution >= 0.6 is 11.8 Å². The van der Waals surface area contributed by atoms with Crippen molar-refractivity contribution < 1.29 is 9.18 Å². The van der Waals surface area contributed by atoms with Gasteiger partial charge in [-0.2, -0.15) is 4.98 Å². The molecule has 1 aromatic heterocycles. The Kier molecular flexibility index (Phi) is 6.08. The maximum Gasteiger partial charge on any atom is 0.255 e. The number of hydrogen-bond acceptors (Lipinski definition) is 5. The molecule has 1 aliphatic heterocycles. The highest BCUT2D eigenvalue weighted by molar-refractivity contribution is 7.99. The molecule has 8 heteroatoms. The van der Waals surface area contributed by atoms with Gasteiger partial charge in [0, 0.05) is 17.1 Å². The lowest BCUT2D eigenvalue weighted by Crippen LogP contribution is -2.31. The second kappa shape index (κ2) is 8.93. The average molecular weight is 438 g/mol. The number of nitrogens with zero attached hydrogens (tertiary/aromatic N) is 3. The maximum absolute atomic E-state index is 13.6. The number of rotatable bonds is 6. The molecule has 0 saturated heterocycles. The van der Waals surface area contributed by atoms with Crippen LogP contribution in [0.5, 0.6) is 0 Å². The summed E-state index contributed by atoms with van der Waals surface area (Å²) in [6.07, 6.45) is 1.00. The second-order valence-corrected chi connectivity index (χ2v) is 8.46. The zero-order valence-corrected chi connectivity index (χ0v) is 18.5. The van der Waals surface area contributed by atoms with Gasteiger partial charge < -0.3 is 10.6 Å². The van der Waals surface area contributed by atoms with Gasteiger partial charge in [-0.05, 0) is 49.6 Å². The van der Waals surface area contributed by atoms with Crippen LogP contribution in [-0.2, 0) is 4.79 Å². The maximum atomic E-state index is 13.6. The van der Waals surface area contributed by atoms with Crippen molar-refractivity contribution in [3.8, 4) is 0 Å². The summed E-state index contributed by atoms with van der Waals surface area (Å²) in [5, 5.41) is 11.5. The van der Waals surface area contributed by atoms with Gasteiger partial charge in [-0.15, -0.1) is 5.10 Å². The number of para-hydroxylation sites is 1. The van der Waals surface area contributed by atoms with Gasteiger partial charge in [0.1, 0.15) is 11.9 Å². The van der Waals surface area contributed by atoms with Crippen LogP contribution in [0.3, 0.4) is 0 Å². The highest BCUT2D eigenvalue weighted by atomic mass is 32.2. The molecule has 2 aromatic carbocycles. The molecule has 0 saturated carbocycles. The zero-order valence-electron chi connectivity index (χ0n) is 17.6. The topological polar surface area (TPSA) is 71.8 Å². The largest absolute Gasteiger partial charge is 0.328 e. The first-order valence-electron chi connectivity index (χ1n) is 10.2. The van der Waals surface area contributed by atoms with Gasteiger partial charge >= 0.3 is 0 Å². The highest BCUT2D eigenvalue weighted by Gasteiger charge is 2.34. The summed E-state index contributed by atoms with van der Waals surface area (Å²) >= 11 is 1.57. The Labute approximate surface area is 185 Å². The second-order valence-electron chi connectivity index (χ2n) is 7.40. The quantitative estimate of drug-likeness (QED) is 0.522. The Morgan fingerprint density at radius 1 is 1.19 bits per heavy atom. The molecule has 31 heavy (non-hydrogen) atoms. The molecule has 2 N–H and O–H groups in total. The van der Waals surface area contributed by atoms with Crippen molar-refractivity contribution in [2.75, 3.05) is 16.4 Å². The van der Waals surface area contributed by atoms with E-state index in [1.807, 2.05) is 38.1 Å². The molecule has 4 rings (SSSR count).